The van der Waals surface area contributed by atoms with Crippen molar-refractivity contribution in [2.45, 2.75) is 39.1 Å². The zero-order valence-electron chi connectivity index (χ0n) is 8.86. The summed E-state index contributed by atoms with van der Waals surface area (Å²) in [5.74, 6) is 0.687. The molecule has 1 aliphatic rings. The van der Waals surface area contributed by atoms with Crippen LogP contribution in [0.1, 0.15) is 20.8 Å². The van der Waals surface area contributed by atoms with Crippen LogP contribution in [0.4, 0.5) is 0 Å². The highest BCUT2D eigenvalue weighted by Gasteiger charge is 2.38. The molecule has 0 radical (unpaired) electrons. The summed E-state index contributed by atoms with van der Waals surface area (Å²) in [6, 6.07) is 0. The molecule has 1 unspecified atom stereocenters. The fraction of sp³-hybridized carbons (Fsp3) is 1.00. The van der Waals surface area contributed by atoms with Crippen molar-refractivity contribution in [1.82, 2.24) is 0 Å². The van der Waals surface area contributed by atoms with E-state index in [0.29, 0.717) is 12.5 Å². The maximum absolute atomic E-state index is 9.85. The third-order valence-electron chi connectivity index (χ3n) is 3.21. The Morgan fingerprint density at radius 1 is 1.23 bits per heavy atom. The molecular formula is C10H20O3. The Kier molecular flexibility index (Phi) is 3.71. The third-order valence-corrected chi connectivity index (χ3v) is 3.21. The molecule has 0 amide bonds. The largest absolute Gasteiger partial charge is 0.390 e. The minimum Gasteiger partial charge on any atom is -0.390 e. The molecule has 1 aliphatic heterocycles. The number of methoxy groups -OCH3 is 1. The van der Waals surface area contributed by atoms with Gasteiger partial charge >= 0.3 is 0 Å². The molecule has 5 atom stereocenters. The first-order valence-electron chi connectivity index (χ1n) is 4.90. The summed E-state index contributed by atoms with van der Waals surface area (Å²) in [7, 11) is 1.63. The molecule has 0 aliphatic carbocycles. The van der Waals surface area contributed by atoms with Crippen molar-refractivity contribution in [3.8, 4) is 0 Å². The quantitative estimate of drug-likeness (QED) is 0.704. The van der Waals surface area contributed by atoms with E-state index in [1.54, 1.807) is 7.11 Å². The lowest BCUT2D eigenvalue weighted by Crippen LogP contribution is -2.49. The Morgan fingerprint density at radius 3 is 2.38 bits per heavy atom. The fourth-order valence-corrected chi connectivity index (χ4v) is 1.86. The second-order valence-electron chi connectivity index (χ2n) is 4.04. The van der Waals surface area contributed by atoms with Gasteiger partial charge in [-0.25, -0.2) is 0 Å². The lowest BCUT2D eigenvalue weighted by atomic mass is 9.82. The van der Waals surface area contributed by atoms with Gasteiger partial charge in [0, 0.05) is 7.11 Å². The Bertz CT molecular complexity index is 160. The average Bonchev–Trinajstić information content (AvgIpc) is 2.11. The molecule has 3 nitrogen and oxygen atoms in total. The van der Waals surface area contributed by atoms with Gasteiger partial charge in [0.25, 0.3) is 0 Å². The van der Waals surface area contributed by atoms with E-state index in [9.17, 15) is 5.11 Å². The second-order valence-corrected chi connectivity index (χ2v) is 4.04. The lowest BCUT2D eigenvalue weighted by molar-refractivity contribution is -0.177. The summed E-state index contributed by atoms with van der Waals surface area (Å²) in [5.41, 5.74) is 0. The Balaban J connectivity index is 2.59. The van der Waals surface area contributed by atoms with Crippen molar-refractivity contribution in [2.24, 2.45) is 11.8 Å². The number of aliphatic hydroxyl groups is 1. The van der Waals surface area contributed by atoms with Crippen LogP contribution in [-0.2, 0) is 9.47 Å². The molecule has 0 aromatic carbocycles. The SMILES string of the molecule is COC[C@H]1OC(C)[C@H](C)[C@@H](C)[C@@H]1O. The predicted molar refractivity (Wildman–Crippen MR) is 50.5 cm³/mol. The van der Waals surface area contributed by atoms with E-state index in [2.05, 4.69) is 20.8 Å². The summed E-state index contributed by atoms with van der Waals surface area (Å²) in [6.07, 6.45) is -0.351. The van der Waals surface area contributed by atoms with Gasteiger partial charge in [0.15, 0.2) is 0 Å². The van der Waals surface area contributed by atoms with E-state index in [-0.39, 0.29) is 18.1 Å². The molecule has 0 aromatic heterocycles. The normalized spacial score (nSPS) is 46.4. The van der Waals surface area contributed by atoms with Gasteiger partial charge < -0.3 is 14.6 Å². The van der Waals surface area contributed by atoms with Crippen molar-refractivity contribution in [1.29, 1.82) is 0 Å². The third kappa shape index (κ3) is 2.22. The summed E-state index contributed by atoms with van der Waals surface area (Å²) in [5, 5.41) is 9.85. The first kappa shape index (κ1) is 11.0. The maximum Gasteiger partial charge on any atom is 0.107 e. The maximum atomic E-state index is 9.85. The Labute approximate surface area is 80.0 Å². The van der Waals surface area contributed by atoms with Crippen LogP contribution in [0.2, 0.25) is 0 Å². The zero-order valence-corrected chi connectivity index (χ0v) is 8.86. The number of aliphatic hydroxyl groups excluding tert-OH is 1. The van der Waals surface area contributed by atoms with E-state index >= 15 is 0 Å². The molecule has 1 fully saturated rings. The predicted octanol–water partition coefficient (Wildman–Crippen LogP) is 1.05. The standard InChI is InChI=1S/C10H20O3/c1-6-7(2)10(11)9(5-12-4)13-8(6)3/h6-11H,5H2,1-4H3/t6-,7-,8?,9-,10+/m1/s1. The summed E-state index contributed by atoms with van der Waals surface area (Å²) in [4.78, 5) is 0. The molecule has 78 valence electrons. The van der Waals surface area contributed by atoms with Crippen molar-refractivity contribution in [3.63, 3.8) is 0 Å². The number of ether oxygens (including phenoxy) is 2. The number of rotatable bonds is 2. The molecule has 1 rings (SSSR count). The van der Waals surface area contributed by atoms with Crippen LogP contribution in [0.5, 0.6) is 0 Å². The highest BCUT2D eigenvalue weighted by atomic mass is 16.5. The van der Waals surface area contributed by atoms with Crippen molar-refractivity contribution in [3.05, 3.63) is 0 Å². The van der Waals surface area contributed by atoms with Gasteiger partial charge in [0.2, 0.25) is 0 Å². The minimum atomic E-state index is -0.397. The van der Waals surface area contributed by atoms with Gasteiger partial charge in [-0.3, -0.25) is 0 Å². The van der Waals surface area contributed by atoms with Crippen LogP contribution in [-0.4, -0.2) is 37.1 Å². The topological polar surface area (TPSA) is 38.7 Å². The molecule has 1 N–H and O–H groups in total. The van der Waals surface area contributed by atoms with Crippen LogP contribution < -0.4 is 0 Å². The molecule has 0 aromatic rings. The monoisotopic (exact) mass is 188 g/mol. The molecule has 13 heavy (non-hydrogen) atoms. The van der Waals surface area contributed by atoms with Gasteiger partial charge in [-0.1, -0.05) is 13.8 Å². The minimum absolute atomic E-state index is 0.161. The van der Waals surface area contributed by atoms with Crippen LogP contribution in [0, 0.1) is 11.8 Å². The average molecular weight is 188 g/mol. The van der Waals surface area contributed by atoms with E-state index < -0.39 is 6.10 Å². The zero-order chi connectivity index (χ0) is 10.0. The number of hydrogen-bond donors (Lipinski definition) is 1. The van der Waals surface area contributed by atoms with E-state index in [0.717, 1.165) is 0 Å². The van der Waals surface area contributed by atoms with Gasteiger partial charge in [-0.15, -0.1) is 0 Å². The van der Waals surface area contributed by atoms with Gasteiger partial charge in [-0.05, 0) is 18.8 Å². The van der Waals surface area contributed by atoms with Crippen LogP contribution in [0.25, 0.3) is 0 Å². The molecule has 0 bridgehead atoms. The highest BCUT2D eigenvalue weighted by molar-refractivity contribution is 4.86. The summed E-state index contributed by atoms with van der Waals surface area (Å²) in [6.45, 7) is 6.71. The molecule has 0 spiro atoms. The van der Waals surface area contributed by atoms with E-state index in [1.807, 2.05) is 0 Å². The first-order chi connectivity index (χ1) is 6.07. The first-order valence-corrected chi connectivity index (χ1v) is 4.90. The molecule has 0 saturated carbocycles. The van der Waals surface area contributed by atoms with Crippen LogP contribution in [0.3, 0.4) is 0 Å². The summed E-state index contributed by atoms with van der Waals surface area (Å²) < 4.78 is 10.6. The number of hydrogen-bond acceptors (Lipinski definition) is 3. The van der Waals surface area contributed by atoms with Crippen LogP contribution >= 0.6 is 0 Å². The van der Waals surface area contributed by atoms with Gasteiger partial charge in [0.1, 0.15) is 6.10 Å². The van der Waals surface area contributed by atoms with Crippen LogP contribution in [0.15, 0.2) is 0 Å². The van der Waals surface area contributed by atoms with Crippen molar-refractivity contribution >= 4 is 0 Å². The highest BCUT2D eigenvalue weighted by Crippen LogP contribution is 2.30. The molecule has 3 heteroatoms. The molecular weight excluding hydrogens is 168 g/mol. The Hall–Kier alpha value is -0.120. The van der Waals surface area contributed by atoms with E-state index in [1.165, 1.54) is 0 Å². The second kappa shape index (κ2) is 4.40. The van der Waals surface area contributed by atoms with Gasteiger partial charge in [0.05, 0.1) is 18.8 Å². The Morgan fingerprint density at radius 2 is 1.85 bits per heavy atom. The summed E-state index contributed by atoms with van der Waals surface area (Å²) >= 11 is 0. The smallest absolute Gasteiger partial charge is 0.107 e. The van der Waals surface area contributed by atoms with Crippen molar-refractivity contribution < 1.29 is 14.6 Å². The fourth-order valence-electron chi connectivity index (χ4n) is 1.86. The lowest BCUT2D eigenvalue weighted by Gasteiger charge is -2.41. The van der Waals surface area contributed by atoms with E-state index in [4.69, 9.17) is 9.47 Å². The molecule has 1 saturated heterocycles. The molecule has 1 heterocycles. The van der Waals surface area contributed by atoms with Gasteiger partial charge in [-0.2, -0.15) is 0 Å². The van der Waals surface area contributed by atoms with Crippen molar-refractivity contribution in [2.75, 3.05) is 13.7 Å².